The number of carbonyl (C=O) groups excluding carboxylic acids is 2. The number of rotatable bonds is 6. The summed E-state index contributed by atoms with van der Waals surface area (Å²) in [4.78, 5) is 22.9. The fraction of sp³-hybridized carbons (Fsp3) is 0.833. The summed E-state index contributed by atoms with van der Waals surface area (Å²) in [6, 6.07) is -0.922. The van der Waals surface area contributed by atoms with Crippen LogP contribution in [0.15, 0.2) is 0 Å². The molecule has 0 aliphatic rings. The molecule has 0 aromatic heterocycles. The van der Waals surface area contributed by atoms with Crippen molar-refractivity contribution in [2.45, 2.75) is 40.2 Å². The highest BCUT2D eigenvalue weighted by Crippen LogP contribution is 2.03. The average Bonchev–Trinajstić information content (AvgIpc) is 2.24. The Labute approximate surface area is 103 Å². The Balaban J connectivity index is 4.09. The highest BCUT2D eigenvalue weighted by atomic mass is 16.5. The van der Waals surface area contributed by atoms with Gasteiger partial charge in [-0.3, -0.25) is 0 Å². The van der Waals surface area contributed by atoms with Gasteiger partial charge in [-0.1, -0.05) is 27.7 Å². The largest absolute Gasteiger partial charge is 0.467 e. The van der Waals surface area contributed by atoms with Gasteiger partial charge in [-0.2, -0.15) is 0 Å². The number of urea groups is 1. The fourth-order valence-corrected chi connectivity index (χ4v) is 1.29. The lowest BCUT2D eigenvalue weighted by Crippen LogP contribution is -2.49. The zero-order chi connectivity index (χ0) is 13.4. The molecule has 17 heavy (non-hydrogen) atoms. The summed E-state index contributed by atoms with van der Waals surface area (Å²) >= 11 is 0. The number of esters is 1. The van der Waals surface area contributed by atoms with Crippen LogP contribution in [0.25, 0.3) is 0 Å². The predicted octanol–water partition coefficient (Wildman–Crippen LogP) is 1.53. The van der Waals surface area contributed by atoms with Crippen LogP contribution in [-0.2, 0) is 9.53 Å². The van der Waals surface area contributed by atoms with Crippen LogP contribution < -0.4 is 10.6 Å². The van der Waals surface area contributed by atoms with Crippen LogP contribution in [0, 0.1) is 11.8 Å². The number of methoxy groups -OCH3 is 1. The van der Waals surface area contributed by atoms with Crippen LogP contribution in [0.2, 0.25) is 0 Å². The van der Waals surface area contributed by atoms with Crippen molar-refractivity contribution in [3.63, 3.8) is 0 Å². The van der Waals surface area contributed by atoms with Crippen LogP contribution in [-0.4, -0.2) is 31.7 Å². The summed E-state index contributed by atoms with van der Waals surface area (Å²) < 4.78 is 4.64. The highest BCUT2D eigenvalue weighted by molar-refractivity contribution is 5.83. The van der Waals surface area contributed by atoms with E-state index < -0.39 is 12.0 Å². The van der Waals surface area contributed by atoms with Gasteiger partial charge >= 0.3 is 12.0 Å². The number of amides is 2. The van der Waals surface area contributed by atoms with Gasteiger partial charge in [0, 0.05) is 6.54 Å². The summed E-state index contributed by atoms with van der Waals surface area (Å²) in [6.07, 6.45) is 0.915. The van der Waals surface area contributed by atoms with Crippen LogP contribution >= 0.6 is 0 Å². The molecule has 0 heterocycles. The van der Waals surface area contributed by atoms with E-state index >= 15 is 0 Å². The van der Waals surface area contributed by atoms with E-state index in [-0.39, 0.29) is 11.9 Å². The zero-order valence-electron chi connectivity index (χ0n) is 11.4. The minimum Gasteiger partial charge on any atom is -0.467 e. The van der Waals surface area contributed by atoms with Crippen molar-refractivity contribution in [3.8, 4) is 0 Å². The Morgan fingerprint density at radius 3 is 2.18 bits per heavy atom. The minimum absolute atomic E-state index is 0.00158. The van der Waals surface area contributed by atoms with E-state index in [9.17, 15) is 9.59 Å². The van der Waals surface area contributed by atoms with Crippen molar-refractivity contribution in [2.75, 3.05) is 13.7 Å². The molecule has 0 radical (unpaired) electrons. The SMILES string of the molecule is COC(=O)C(NC(=O)NCCC(C)C)C(C)C. The molecule has 1 atom stereocenters. The summed E-state index contributed by atoms with van der Waals surface area (Å²) in [5.41, 5.74) is 0. The number of hydrogen-bond donors (Lipinski definition) is 2. The van der Waals surface area contributed by atoms with Crippen molar-refractivity contribution in [1.29, 1.82) is 0 Å². The second-order valence-corrected chi connectivity index (χ2v) is 4.83. The van der Waals surface area contributed by atoms with E-state index in [0.29, 0.717) is 12.5 Å². The lowest BCUT2D eigenvalue weighted by Gasteiger charge is -2.20. The van der Waals surface area contributed by atoms with Crippen molar-refractivity contribution in [1.82, 2.24) is 10.6 Å². The Bertz CT molecular complexity index is 252. The van der Waals surface area contributed by atoms with Crippen molar-refractivity contribution in [2.24, 2.45) is 11.8 Å². The van der Waals surface area contributed by atoms with Crippen LogP contribution in [0.1, 0.15) is 34.1 Å². The maximum atomic E-state index is 11.5. The third kappa shape index (κ3) is 6.81. The molecule has 2 amide bonds. The molecule has 0 rings (SSSR count). The first kappa shape index (κ1) is 15.7. The van der Waals surface area contributed by atoms with Gasteiger partial charge in [0.1, 0.15) is 6.04 Å². The molecule has 0 bridgehead atoms. The molecule has 0 fully saturated rings. The Kier molecular flexibility index (Phi) is 7.34. The molecule has 1 unspecified atom stereocenters. The first-order chi connectivity index (χ1) is 7.88. The first-order valence-corrected chi connectivity index (χ1v) is 6.00. The van der Waals surface area contributed by atoms with Gasteiger partial charge < -0.3 is 15.4 Å². The third-order valence-corrected chi connectivity index (χ3v) is 2.42. The minimum atomic E-state index is -0.598. The predicted molar refractivity (Wildman–Crippen MR) is 66.6 cm³/mol. The van der Waals surface area contributed by atoms with Crippen LogP contribution in [0.4, 0.5) is 4.79 Å². The van der Waals surface area contributed by atoms with Gasteiger partial charge in [0.25, 0.3) is 0 Å². The molecule has 5 heteroatoms. The third-order valence-electron chi connectivity index (χ3n) is 2.42. The van der Waals surface area contributed by atoms with E-state index in [2.05, 4.69) is 29.2 Å². The standard InChI is InChI=1S/C12H24N2O3/c1-8(2)6-7-13-12(16)14-10(9(3)4)11(15)17-5/h8-10H,6-7H2,1-5H3,(H2,13,14,16). The van der Waals surface area contributed by atoms with E-state index in [0.717, 1.165) is 6.42 Å². The molecule has 0 aromatic carbocycles. The molecule has 5 nitrogen and oxygen atoms in total. The van der Waals surface area contributed by atoms with Gasteiger partial charge in [-0.15, -0.1) is 0 Å². The van der Waals surface area contributed by atoms with E-state index in [1.54, 1.807) is 0 Å². The van der Waals surface area contributed by atoms with E-state index in [1.807, 2.05) is 13.8 Å². The van der Waals surface area contributed by atoms with Gasteiger partial charge in [-0.25, -0.2) is 9.59 Å². The smallest absolute Gasteiger partial charge is 0.328 e. The summed E-state index contributed by atoms with van der Waals surface area (Å²) in [5.74, 6) is 0.120. The van der Waals surface area contributed by atoms with Gasteiger partial charge in [0.2, 0.25) is 0 Å². The molecule has 0 aliphatic carbocycles. The lowest BCUT2D eigenvalue weighted by molar-refractivity contribution is -0.143. The molecule has 0 saturated heterocycles. The molecule has 2 N–H and O–H groups in total. The maximum absolute atomic E-state index is 11.5. The normalized spacial score (nSPS) is 12.4. The summed E-state index contributed by atoms with van der Waals surface area (Å²) in [5, 5.41) is 5.34. The van der Waals surface area contributed by atoms with Gasteiger partial charge in [0.05, 0.1) is 7.11 Å². The molecule has 0 aromatic rings. The van der Waals surface area contributed by atoms with Crippen molar-refractivity contribution < 1.29 is 14.3 Å². The Morgan fingerprint density at radius 1 is 1.18 bits per heavy atom. The summed E-state index contributed by atoms with van der Waals surface area (Å²) in [6.45, 7) is 8.50. The number of hydrogen-bond acceptors (Lipinski definition) is 3. The topological polar surface area (TPSA) is 67.4 Å². The van der Waals surface area contributed by atoms with Crippen molar-refractivity contribution in [3.05, 3.63) is 0 Å². The summed E-state index contributed by atoms with van der Waals surface area (Å²) in [7, 11) is 1.32. The molecule has 0 aliphatic heterocycles. The van der Waals surface area contributed by atoms with Gasteiger partial charge in [0.15, 0.2) is 0 Å². The Morgan fingerprint density at radius 2 is 1.76 bits per heavy atom. The average molecular weight is 244 g/mol. The van der Waals surface area contributed by atoms with Gasteiger partial charge in [-0.05, 0) is 18.3 Å². The van der Waals surface area contributed by atoms with E-state index in [1.165, 1.54) is 7.11 Å². The molecule has 100 valence electrons. The maximum Gasteiger partial charge on any atom is 0.328 e. The fourth-order valence-electron chi connectivity index (χ4n) is 1.29. The molecule has 0 saturated carbocycles. The van der Waals surface area contributed by atoms with E-state index in [4.69, 9.17) is 0 Å². The second-order valence-electron chi connectivity index (χ2n) is 4.83. The zero-order valence-corrected chi connectivity index (χ0v) is 11.4. The molecule has 0 spiro atoms. The van der Waals surface area contributed by atoms with Crippen molar-refractivity contribution >= 4 is 12.0 Å². The van der Waals surface area contributed by atoms with Crippen LogP contribution in [0.5, 0.6) is 0 Å². The molecular weight excluding hydrogens is 220 g/mol. The quantitative estimate of drug-likeness (QED) is 0.696. The number of nitrogens with one attached hydrogen (secondary N) is 2. The first-order valence-electron chi connectivity index (χ1n) is 6.00. The highest BCUT2D eigenvalue weighted by Gasteiger charge is 2.24. The monoisotopic (exact) mass is 244 g/mol. The molecular formula is C12H24N2O3. The number of carbonyl (C=O) groups is 2. The Hall–Kier alpha value is -1.26. The van der Waals surface area contributed by atoms with Crippen LogP contribution in [0.3, 0.4) is 0 Å². The second kappa shape index (κ2) is 7.92. The number of ether oxygens (including phenoxy) is 1. The lowest BCUT2D eigenvalue weighted by atomic mass is 10.1.